The number of rotatable bonds is 3. The van der Waals surface area contributed by atoms with Gasteiger partial charge in [0.1, 0.15) is 0 Å². The van der Waals surface area contributed by atoms with Crippen molar-refractivity contribution >= 4 is 17.4 Å². The fourth-order valence-electron chi connectivity index (χ4n) is 1.59. The van der Waals surface area contributed by atoms with E-state index in [1.807, 2.05) is 0 Å². The molecule has 18 heavy (non-hydrogen) atoms. The highest BCUT2D eigenvalue weighted by Crippen LogP contribution is 2.19. The molecule has 2 rings (SSSR count). The summed E-state index contributed by atoms with van der Waals surface area (Å²) in [7, 11) is 0. The summed E-state index contributed by atoms with van der Waals surface area (Å²) in [6, 6.07) is 9.93. The first kappa shape index (κ1) is 11.8. The molecular formula is C13H10N2O3. The van der Waals surface area contributed by atoms with E-state index in [9.17, 15) is 9.59 Å². The Bertz CT molecular complexity index is 609. The third kappa shape index (κ3) is 2.06. The van der Waals surface area contributed by atoms with Crippen LogP contribution in [0.5, 0.6) is 0 Å². The molecule has 0 fully saturated rings. The number of carboxylic acids is 1. The molecule has 90 valence electrons. The van der Waals surface area contributed by atoms with Gasteiger partial charge in [0.15, 0.2) is 11.5 Å². The summed E-state index contributed by atoms with van der Waals surface area (Å²) in [5.74, 6) is -1.58. The number of hydrogen-bond acceptors (Lipinski definition) is 4. The Balaban J connectivity index is 2.50. The lowest BCUT2D eigenvalue weighted by Crippen LogP contribution is -2.12. The molecule has 0 bridgehead atoms. The van der Waals surface area contributed by atoms with Crippen LogP contribution in [0.15, 0.2) is 42.6 Å². The number of aromatic carboxylic acids is 1. The number of carboxylic acid groups (broad SMARTS) is 1. The summed E-state index contributed by atoms with van der Waals surface area (Å²) in [4.78, 5) is 26.7. The lowest BCUT2D eigenvalue weighted by Gasteiger charge is -2.06. The largest absolute Gasteiger partial charge is 0.476 e. The zero-order valence-electron chi connectivity index (χ0n) is 9.33. The van der Waals surface area contributed by atoms with Gasteiger partial charge in [-0.05, 0) is 6.07 Å². The second-order valence-electron chi connectivity index (χ2n) is 3.62. The van der Waals surface area contributed by atoms with Gasteiger partial charge in [-0.1, -0.05) is 30.3 Å². The normalized spacial score (nSPS) is 10.0. The van der Waals surface area contributed by atoms with Crippen LogP contribution in [0.3, 0.4) is 0 Å². The number of carbonyl (C=O) groups excluding carboxylic acids is 1. The van der Waals surface area contributed by atoms with Gasteiger partial charge in [0.2, 0.25) is 0 Å². The predicted molar refractivity (Wildman–Crippen MR) is 65.5 cm³/mol. The summed E-state index contributed by atoms with van der Waals surface area (Å²) < 4.78 is 0. The Morgan fingerprint density at radius 1 is 1.11 bits per heavy atom. The average molecular weight is 242 g/mol. The van der Waals surface area contributed by atoms with E-state index < -0.39 is 5.97 Å². The summed E-state index contributed by atoms with van der Waals surface area (Å²) in [6.07, 6.45) is 1.26. The van der Waals surface area contributed by atoms with Crippen molar-refractivity contribution in [3.63, 3.8) is 0 Å². The Hall–Kier alpha value is -2.69. The first-order valence-electron chi connectivity index (χ1n) is 5.19. The number of nitrogens with two attached hydrogens (primary N) is 1. The maximum atomic E-state index is 12.1. The number of benzene rings is 1. The van der Waals surface area contributed by atoms with Crippen LogP contribution in [-0.2, 0) is 0 Å². The fraction of sp³-hybridized carbons (Fsp3) is 0. The minimum atomic E-state index is -1.25. The van der Waals surface area contributed by atoms with Crippen molar-refractivity contribution in [2.75, 3.05) is 5.73 Å². The number of hydrogen-bond donors (Lipinski definition) is 2. The highest BCUT2D eigenvalue weighted by molar-refractivity contribution is 6.13. The van der Waals surface area contributed by atoms with Crippen molar-refractivity contribution in [2.24, 2.45) is 0 Å². The van der Waals surface area contributed by atoms with E-state index in [-0.39, 0.29) is 22.7 Å². The second kappa shape index (κ2) is 4.67. The Kier molecular flexibility index (Phi) is 3.05. The maximum absolute atomic E-state index is 12.1. The third-order valence-corrected chi connectivity index (χ3v) is 2.47. The van der Waals surface area contributed by atoms with E-state index >= 15 is 0 Å². The zero-order valence-corrected chi connectivity index (χ0v) is 9.33. The molecule has 0 aliphatic rings. The number of pyridine rings is 1. The Labute approximate surface area is 103 Å². The van der Waals surface area contributed by atoms with E-state index in [4.69, 9.17) is 10.8 Å². The second-order valence-corrected chi connectivity index (χ2v) is 3.62. The van der Waals surface area contributed by atoms with Crippen LogP contribution >= 0.6 is 0 Å². The number of aromatic nitrogens is 1. The Morgan fingerprint density at radius 3 is 2.39 bits per heavy atom. The average Bonchev–Trinajstić information content (AvgIpc) is 2.39. The zero-order chi connectivity index (χ0) is 13.1. The van der Waals surface area contributed by atoms with Gasteiger partial charge in [-0.25, -0.2) is 9.78 Å². The molecule has 0 aliphatic heterocycles. The standard InChI is InChI=1S/C13H10N2O3/c14-10-9(6-7-15-11(10)13(17)18)12(16)8-4-2-1-3-5-8/h1-7H,14H2,(H,17,18). The summed E-state index contributed by atoms with van der Waals surface area (Å²) in [5, 5.41) is 8.89. The van der Waals surface area contributed by atoms with Crippen LogP contribution in [0, 0.1) is 0 Å². The SMILES string of the molecule is Nc1c(C(=O)c2ccccc2)ccnc1C(=O)O. The van der Waals surface area contributed by atoms with Gasteiger partial charge < -0.3 is 10.8 Å². The van der Waals surface area contributed by atoms with Crippen molar-refractivity contribution in [1.29, 1.82) is 0 Å². The van der Waals surface area contributed by atoms with Gasteiger partial charge in [0.05, 0.1) is 5.69 Å². The van der Waals surface area contributed by atoms with Crippen molar-refractivity contribution in [3.05, 3.63) is 59.4 Å². The molecule has 0 saturated heterocycles. The highest BCUT2D eigenvalue weighted by atomic mass is 16.4. The minimum absolute atomic E-state index is 0.112. The van der Waals surface area contributed by atoms with E-state index in [1.54, 1.807) is 30.3 Å². The monoisotopic (exact) mass is 242 g/mol. The van der Waals surface area contributed by atoms with Crippen molar-refractivity contribution < 1.29 is 14.7 Å². The van der Waals surface area contributed by atoms with Crippen LogP contribution in [0.1, 0.15) is 26.4 Å². The van der Waals surface area contributed by atoms with Crippen LogP contribution in [-0.4, -0.2) is 21.8 Å². The van der Waals surface area contributed by atoms with Gasteiger partial charge in [-0.2, -0.15) is 0 Å². The van der Waals surface area contributed by atoms with E-state index in [1.165, 1.54) is 12.3 Å². The molecular weight excluding hydrogens is 232 g/mol. The molecule has 0 atom stereocenters. The molecule has 1 aromatic carbocycles. The fourth-order valence-corrected chi connectivity index (χ4v) is 1.59. The predicted octanol–water partition coefficient (Wildman–Crippen LogP) is 1.59. The minimum Gasteiger partial charge on any atom is -0.476 e. The van der Waals surface area contributed by atoms with Crippen LogP contribution < -0.4 is 5.73 Å². The molecule has 0 saturated carbocycles. The maximum Gasteiger partial charge on any atom is 0.356 e. The highest BCUT2D eigenvalue weighted by Gasteiger charge is 2.18. The van der Waals surface area contributed by atoms with Crippen LogP contribution in [0.2, 0.25) is 0 Å². The molecule has 5 heteroatoms. The van der Waals surface area contributed by atoms with Crippen molar-refractivity contribution in [1.82, 2.24) is 4.98 Å². The number of nitrogens with zero attached hydrogens (tertiary/aromatic N) is 1. The quantitative estimate of drug-likeness (QED) is 0.797. The topological polar surface area (TPSA) is 93.3 Å². The number of nitrogen functional groups attached to an aromatic ring is 1. The molecule has 3 N–H and O–H groups in total. The molecule has 5 nitrogen and oxygen atoms in total. The van der Waals surface area contributed by atoms with E-state index in [2.05, 4.69) is 4.98 Å². The van der Waals surface area contributed by atoms with E-state index in [0.717, 1.165) is 0 Å². The van der Waals surface area contributed by atoms with Gasteiger partial charge in [0.25, 0.3) is 0 Å². The van der Waals surface area contributed by atoms with Gasteiger partial charge in [-0.3, -0.25) is 4.79 Å². The summed E-state index contributed by atoms with van der Waals surface area (Å²) >= 11 is 0. The van der Waals surface area contributed by atoms with Crippen molar-refractivity contribution in [3.8, 4) is 0 Å². The third-order valence-electron chi connectivity index (χ3n) is 2.47. The molecule has 0 aliphatic carbocycles. The first-order chi connectivity index (χ1) is 8.61. The summed E-state index contributed by atoms with van der Waals surface area (Å²) in [6.45, 7) is 0. The molecule has 1 aromatic heterocycles. The lowest BCUT2D eigenvalue weighted by atomic mass is 10.0. The summed E-state index contributed by atoms with van der Waals surface area (Å²) in [5.41, 5.74) is 5.84. The molecule has 0 spiro atoms. The molecule has 0 radical (unpaired) electrons. The van der Waals surface area contributed by atoms with Crippen LogP contribution in [0.25, 0.3) is 0 Å². The van der Waals surface area contributed by atoms with Gasteiger partial charge in [0, 0.05) is 17.3 Å². The van der Waals surface area contributed by atoms with Gasteiger partial charge in [-0.15, -0.1) is 0 Å². The molecule has 1 heterocycles. The lowest BCUT2D eigenvalue weighted by molar-refractivity contribution is 0.0692. The smallest absolute Gasteiger partial charge is 0.356 e. The molecule has 0 amide bonds. The first-order valence-corrected chi connectivity index (χ1v) is 5.19. The van der Waals surface area contributed by atoms with Gasteiger partial charge >= 0.3 is 5.97 Å². The molecule has 2 aromatic rings. The van der Waals surface area contributed by atoms with Crippen LogP contribution in [0.4, 0.5) is 5.69 Å². The number of carbonyl (C=O) groups is 2. The number of ketones is 1. The Morgan fingerprint density at radius 2 is 1.78 bits per heavy atom. The van der Waals surface area contributed by atoms with E-state index in [0.29, 0.717) is 5.56 Å². The molecule has 0 unspecified atom stereocenters. The number of anilines is 1. The van der Waals surface area contributed by atoms with Crippen molar-refractivity contribution in [2.45, 2.75) is 0 Å².